The van der Waals surface area contributed by atoms with Crippen LogP contribution in [0, 0.1) is 0 Å². The van der Waals surface area contributed by atoms with Crippen LogP contribution in [0.25, 0.3) is 22.0 Å². The van der Waals surface area contributed by atoms with Crippen molar-refractivity contribution in [2.24, 2.45) is 0 Å². The largest absolute Gasteiger partial charge is 0.410 e. The third-order valence-electron chi connectivity index (χ3n) is 3.59. The zero-order valence-electron chi connectivity index (χ0n) is 12.6. The molecule has 3 rings (SSSR count). The van der Waals surface area contributed by atoms with Crippen LogP contribution in [0.4, 0.5) is 19.0 Å². The van der Waals surface area contributed by atoms with E-state index in [1.54, 1.807) is 30.3 Å². The second kappa shape index (κ2) is 6.81. The molecule has 25 heavy (non-hydrogen) atoms. The van der Waals surface area contributed by atoms with E-state index in [1.807, 2.05) is 0 Å². The molecule has 130 valence electrons. The number of anilines is 1. The monoisotopic (exact) mass is 368 g/mol. The normalized spacial score (nSPS) is 13.0. The van der Waals surface area contributed by atoms with Crippen molar-refractivity contribution in [1.82, 2.24) is 15.2 Å². The van der Waals surface area contributed by atoms with Crippen LogP contribution in [0.2, 0.25) is 5.02 Å². The minimum Gasteiger partial charge on any atom is -0.394 e. The standard InChI is InChI=1S/C16H12ClF3N4O/c17-10-3-1-9(2-4-10)14-11-5-6-21-7-12(11)15(24-23-14)22-13(8-25)16(18,19)20/h1-7,13,25H,8H2,(H,22,24)/t13-/m1/s1. The molecule has 0 bridgehead atoms. The van der Waals surface area contributed by atoms with E-state index in [2.05, 4.69) is 20.5 Å². The molecular formula is C16H12ClF3N4O. The molecule has 3 aromatic rings. The minimum absolute atomic E-state index is 0.0998. The third kappa shape index (κ3) is 3.64. The van der Waals surface area contributed by atoms with Gasteiger partial charge in [-0.3, -0.25) is 4.98 Å². The first kappa shape index (κ1) is 17.4. The van der Waals surface area contributed by atoms with Gasteiger partial charge < -0.3 is 10.4 Å². The van der Waals surface area contributed by atoms with Crippen LogP contribution < -0.4 is 5.32 Å². The molecule has 0 unspecified atom stereocenters. The zero-order valence-corrected chi connectivity index (χ0v) is 13.4. The highest BCUT2D eigenvalue weighted by atomic mass is 35.5. The molecule has 0 aliphatic heterocycles. The van der Waals surface area contributed by atoms with Gasteiger partial charge in [-0.25, -0.2) is 0 Å². The molecule has 2 N–H and O–H groups in total. The maximum Gasteiger partial charge on any atom is 0.410 e. The van der Waals surface area contributed by atoms with Gasteiger partial charge in [-0.15, -0.1) is 10.2 Å². The molecule has 0 amide bonds. The van der Waals surface area contributed by atoms with Crippen LogP contribution >= 0.6 is 11.6 Å². The highest BCUT2D eigenvalue weighted by Crippen LogP contribution is 2.31. The molecular weight excluding hydrogens is 357 g/mol. The van der Waals surface area contributed by atoms with Gasteiger partial charge in [-0.1, -0.05) is 23.7 Å². The van der Waals surface area contributed by atoms with Crippen molar-refractivity contribution in [3.05, 3.63) is 47.7 Å². The minimum atomic E-state index is -4.63. The zero-order chi connectivity index (χ0) is 18.0. The van der Waals surface area contributed by atoms with Crippen molar-refractivity contribution < 1.29 is 18.3 Å². The Morgan fingerprint density at radius 2 is 1.80 bits per heavy atom. The topological polar surface area (TPSA) is 70.9 Å². The van der Waals surface area contributed by atoms with Gasteiger partial charge in [0.25, 0.3) is 0 Å². The number of aliphatic hydroxyl groups excluding tert-OH is 1. The number of aliphatic hydroxyl groups is 1. The van der Waals surface area contributed by atoms with E-state index >= 15 is 0 Å². The van der Waals surface area contributed by atoms with Gasteiger partial charge >= 0.3 is 6.18 Å². The summed E-state index contributed by atoms with van der Waals surface area (Å²) in [5.74, 6) is -0.0998. The second-order valence-electron chi connectivity index (χ2n) is 5.25. The molecule has 0 saturated carbocycles. The lowest BCUT2D eigenvalue weighted by Gasteiger charge is -2.20. The average Bonchev–Trinajstić information content (AvgIpc) is 2.59. The Morgan fingerprint density at radius 3 is 2.44 bits per heavy atom. The lowest BCUT2D eigenvalue weighted by molar-refractivity contribution is -0.149. The van der Waals surface area contributed by atoms with Gasteiger partial charge in [0.2, 0.25) is 0 Å². The van der Waals surface area contributed by atoms with Crippen molar-refractivity contribution in [1.29, 1.82) is 0 Å². The van der Waals surface area contributed by atoms with E-state index in [9.17, 15) is 13.2 Å². The molecule has 9 heteroatoms. The number of rotatable bonds is 4. The number of benzene rings is 1. The van der Waals surface area contributed by atoms with Crippen molar-refractivity contribution in [3.63, 3.8) is 0 Å². The highest BCUT2D eigenvalue weighted by molar-refractivity contribution is 6.30. The smallest absolute Gasteiger partial charge is 0.394 e. The summed E-state index contributed by atoms with van der Waals surface area (Å²) in [6.07, 6.45) is -1.71. The van der Waals surface area contributed by atoms with Crippen molar-refractivity contribution >= 4 is 28.2 Å². The number of halogens is 4. The molecule has 0 aliphatic rings. The van der Waals surface area contributed by atoms with Crippen LogP contribution in [0.1, 0.15) is 0 Å². The van der Waals surface area contributed by atoms with Gasteiger partial charge in [0.1, 0.15) is 11.7 Å². The molecule has 0 radical (unpaired) electrons. The number of nitrogens with one attached hydrogen (secondary N) is 1. The van der Waals surface area contributed by atoms with Gasteiger partial charge in [0.05, 0.1) is 6.61 Å². The Bertz CT molecular complexity index is 887. The average molecular weight is 369 g/mol. The van der Waals surface area contributed by atoms with Gasteiger partial charge in [0.15, 0.2) is 5.82 Å². The first-order chi connectivity index (χ1) is 11.9. The molecule has 0 spiro atoms. The van der Waals surface area contributed by atoms with Crippen LogP contribution in [0.15, 0.2) is 42.7 Å². The van der Waals surface area contributed by atoms with E-state index in [0.717, 1.165) is 0 Å². The SMILES string of the molecule is OC[C@@H](Nc1nnc(-c2ccc(Cl)cc2)c2ccncc12)C(F)(F)F. The number of nitrogens with zero attached hydrogens (tertiary/aromatic N) is 3. The molecule has 0 aliphatic carbocycles. The van der Waals surface area contributed by atoms with Crippen LogP contribution in [0.3, 0.4) is 0 Å². The predicted octanol–water partition coefficient (Wildman–Crippen LogP) is 3.68. The Morgan fingerprint density at radius 1 is 1.08 bits per heavy atom. The number of hydrogen-bond donors (Lipinski definition) is 2. The Kier molecular flexibility index (Phi) is 4.73. The molecule has 5 nitrogen and oxygen atoms in total. The van der Waals surface area contributed by atoms with Gasteiger partial charge in [-0.05, 0) is 18.2 Å². The Labute approximate surface area is 145 Å². The lowest BCUT2D eigenvalue weighted by Crippen LogP contribution is -2.39. The summed E-state index contributed by atoms with van der Waals surface area (Å²) in [5.41, 5.74) is 1.21. The Hall–Kier alpha value is -2.45. The molecule has 0 fully saturated rings. The number of hydrogen-bond acceptors (Lipinski definition) is 5. The van der Waals surface area contributed by atoms with Crippen LogP contribution in [-0.2, 0) is 0 Å². The van der Waals surface area contributed by atoms with Crippen LogP contribution in [0.5, 0.6) is 0 Å². The summed E-state index contributed by atoms with van der Waals surface area (Å²) in [7, 11) is 0. The summed E-state index contributed by atoms with van der Waals surface area (Å²) in [4.78, 5) is 3.95. The number of alkyl halides is 3. The fourth-order valence-corrected chi connectivity index (χ4v) is 2.45. The molecule has 1 aromatic carbocycles. The van der Waals surface area contributed by atoms with E-state index in [4.69, 9.17) is 16.7 Å². The number of fused-ring (bicyclic) bond motifs is 1. The second-order valence-corrected chi connectivity index (χ2v) is 5.68. The molecule has 2 aromatic heterocycles. The highest BCUT2D eigenvalue weighted by Gasteiger charge is 2.39. The van der Waals surface area contributed by atoms with Gasteiger partial charge in [-0.2, -0.15) is 13.2 Å². The summed E-state index contributed by atoms with van der Waals surface area (Å²) in [6, 6.07) is 6.34. The summed E-state index contributed by atoms with van der Waals surface area (Å²) in [6.45, 7) is -1.12. The van der Waals surface area contributed by atoms with E-state index in [-0.39, 0.29) is 5.82 Å². The Balaban J connectivity index is 2.09. The summed E-state index contributed by atoms with van der Waals surface area (Å²) >= 11 is 5.87. The van der Waals surface area contributed by atoms with Crippen molar-refractivity contribution in [3.8, 4) is 11.3 Å². The maximum atomic E-state index is 12.9. The maximum absolute atomic E-state index is 12.9. The molecule has 1 atom stereocenters. The summed E-state index contributed by atoms with van der Waals surface area (Å²) < 4.78 is 38.7. The molecule has 2 heterocycles. The lowest BCUT2D eigenvalue weighted by atomic mass is 10.1. The first-order valence-electron chi connectivity index (χ1n) is 7.20. The number of aromatic nitrogens is 3. The van der Waals surface area contributed by atoms with Crippen LogP contribution in [-0.4, -0.2) is 39.1 Å². The van der Waals surface area contributed by atoms with E-state index in [1.165, 1.54) is 12.4 Å². The quantitative estimate of drug-likeness (QED) is 0.735. The fourth-order valence-electron chi connectivity index (χ4n) is 2.32. The van der Waals surface area contributed by atoms with E-state index < -0.39 is 18.8 Å². The first-order valence-corrected chi connectivity index (χ1v) is 7.58. The predicted molar refractivity (Wildman–Crippen MR) is 88.3 cm³/mol. The summed E-state index contributed by atoms with van der Waals surface area (Å²) in [5, 5.41) is 20.6. The van der Waals surface area contributed by atoms with Crippen molar-refractivity contribution in [2.75, 3.05) is 11.9 Å². The van der Waals surface area contributed by atoms with Gasteiger partial charge in [0, 0.05) is 33.8 Å². The number of pyridine rings is 1. The fraction of sp³-hybridized carbons (Fsp3) is 0.188. The van der Waals surface area contributed by atoms with E-state index in [0.29, 0.717) is 27.1 Å². The third-order valence-corrected chi connectivity index (χ3v) is 3.84. The van der Waals surface area contributed by atoms with Crippen molar-refractivity contribution in [2.45, 2.75) is 12.2 Å². The molecule has 0 saturated heterocycles.